The van der Waals surface area contributed by atoms with Gasteiger partial charge in [0.1, 0.15) is 24.6 Å². The molecule has 0 spiro atoms. The molecule has 2 fully saturated rings. The number of fused-ring (bicyclic) bond motifs is 3. The van der Waals surface area contributed by atoms with Gasteiger partial charge in [0.2, 0.25) is 5.91 Å². The number of nitrogens with one attached hydrogen (secondary N) is 1. The van der Waals surface area contributed by atoms with Gasteiger partial charge >= 0.3 is 0 Å². The molecule has 0 aromatic heterocycles. The van der Waals surface area contributed by atoms with Crippen LogP contribution < -0.4 is 14.4 Å². The minimum atomic E-state index is -4.27. The van der Waals surface area contributed by atoms with Crippen molar-refractivity contribution < 1.29 is 41.0 Å². The molecule has 2 bridgehead atoms. The van der Waals surface area contributed by atoms with E-state index in [1.165, 1.54) is 19.9 Å². The van der Waals surface area contributed by atoms with Gasteiger partial charge in [0.05, 0.1) is 36.4 Å². The lowest BCUT2D eigenvalue weighted by Crippen LogP contribution is -2.59. The molecule has 2 aromatic rings. The van der Waals surface area contributed by atoms with E-state index in [2.05, 4.69) is 9.62 Å². The fraction of sp³-hybridized carbons (Fsp3) is 0.543. The summed E-state index contributed by atoms with van der Waals surface area (Å²) in [7, 11) is -4.27. The average Bonchev–Trinajstić information content (AvgIpc) is 3.04. The molecule has 2 aromatic carbocycles. The van der Waals surface area contributed by atoms with Gasteiger partial charge in [0.25, 0.3) is 21.9 Å². The summed E-state index contributed by atoms with van der Waals surface area (Å²) in [5.41, 5.74) is 1.17. The van der Waals surface area contributed by atoms with E-state index in [0.29, 0.717) is 29.5 Å². The second-order valence-electron chi connectivity index (χ2n) is 13.8. The van der Waals surface area contributed by atoms with Crippen molar-refractivity contribution in [3.8, 4) is 5.75 Å². The number of carbonyl (C=O) groups excluding carboxylic acids is 2. The molecule has 1 saturated carbocycles. The Morgan fingerprint density at radius 2 is 1.90 bits per heavy atom. The summed E-state index contributed by atoms with van der Waals surface area (Å²) in [6.45, 7) is 2.78. The van der Waals surface area contributed by atoms with Crippen LogP contribution in [0.5, 0.6) is 5.75 Å². The Morgan fingerprint density at radius 3 is 2.63 bits per heavy atom. The number of ether oxygens (including phenoxy) is 3. The predicted octanol–water partition coefficient (Wildman–Crippen LogP) is 5.12. The molecule has 0 unspecified atom stereocenters. The minimum absolute atomic E-state index is 0.00744. The maximum Gasteiger partial charge on any atom is 0.282 e. The highest BCUT2D eigenvalue weighted by molar-refractivity contribution is 7.90. The number of hydrogen-bond acceptors (Lipinski definition) is 8. The second-order valence-corrected chi connectivity index (χ2v) is 15.9. The van der Waals surface area contributed by atoms with Crippen molar-refractivity contribution in [3.05, 3.63) is 64.7 Å². The molecule has 266 valence electrons. The zero-order chi connectivity index (χ0) is 35.0. The van der Waals surface area contributed by atoms with Gasteiger partial charge in [-0.3, -0.25) is 9.59 Å². The molecule has 14 heteroatoms. The van der Waals surface area contributed by atoms with E-state index in [-0.39, 0.29) is 36.6 Å². The molecular formula is C35H42ClF2N3O7S. The normalized spacial score (nSPS) is 27.0. The van der Waals surface area contributed by atoms with Crippen molar-refractivity contribution >= 4 is 39.1 Å². The lowest BCUT2D eigenvalue weighted by Gasteiger charge is -2.44. The predicted molar refractivity (Wildman–Crippen MR) is 179 cm³/mol. The smallest absolute Gasteiger partial charge is 0.282 e. The third-order valence-corrected chi connectivity index (χ3v) is 11.4. The summed E-state index contributed by atoms with van der Waals surface area (Å²) in [6, 6.07) is 10.3. The number of sulfonamides is 1. The summed E-state index contributed by atoms with van der Waals surface area (Å²) in [5.74, 6) is -3.60. The number of nitrogens with zero attached hydrogens (tertiary/aromatic N) is 2. The van der Waals surface area contributed by atoms with Crippen molar-refractivity contribution in [1.29, 1.82) is 0 Å². The summed E-state index contributed by atoms with van der Waals surface area (Å²) >= 11 is 6.32. The molecule has 3 atom stereocenters. The van der Waals surface area contributed by atoms with Crippen molar-refractivity contribution in [2.24, 2.45) is 11.8 Å². The molecule has 49 heavy (non-hydrogen) atoms. The third-order valence-electron chi connectivity index (χ3n) is 9.85. The molecule has 1 N–H and O–H groups in total. The third kappa shape index (κ3) is 8.22. The van der Waals surface area contributed by atoms with E-state index < -0.39 is 52.6 Å². The summed E-state index contributed by atoms with van der Waals surface area (Å²) in [5, 5.41) is 0.649. The van der Waals surface area contributed by atoms with E-state index in [0.717, 1.165) is 48.1 Å². The molecule has 1 aliphatic carbocycles. The zero-order valence-corrected chi connectivity index (χ0v) is 29.2. The van der Waals surface area contributed by atoms with E-state index in [1.807, 2.05) is 18.2 Å². The number of anilines is 1. The monoisotopic (exact) mass is 721 g/mol. The standard InChI is InChI=1S/C35H42ClF2N3O7S/c1-34(2)33(43)39-49(44,45)27-11-13-31-29(17-27)40(14-4-3-6-23-16-26(36)10-8-25(23)19-46-31)18-24-9-12-28(24)30(7-5-15-48-34)47-20-32(42)41-21-35(37,38)22-41/h5,7-8,10-11,13,16-17,24,28,30H,3-4,6,9,12,14-15,18-22H2,1-2H3,(H,39,43)/b7-5+/t24-,28+,30-/m0/s1. The molecule has 10 nitrogen and oxygen atoms in total. The molecule has 6 rings (SSSR count). The summed E-state index contributed by atoms with van der Waals surface area (Å²) < 4.78 is 74.4. The van der Waals surface area contributed by atoms with Crippen LogP contribution >= 0.6 is 11.6 Å². The number of alkyl halides is 2. The Labute approximate surface area is 290 Å². The fourth-order valence-corrected chi connectivity index (χ4v) is 8.02. The number of benzene rings is 2. The first-order valence-corrected chi connectivity index (χ1v) is 18.5. The molecule has 4 aliphatic rings. The number of likely N-dealkylation sites (tertiary alicyclic amines) is 1. The van der Waals surface area contributed by atoms with Crippen LogP contribution in [0.2, 0.25) is 5.02 Å². The van der Waals surface area contributed by atoms with E-state index in [1.54, 1.807) is 24.3 Å². The molecular weight excluding hydrogens is 680 g/mol. The van der Waals surface area contributed by atoms with Crippen molar-refractivity contribution in [2.45, 2.75) is 75.1 Å². The molecule has 2 amide bonds. The van der Waals surface area contributed by atoms with E-state index in [4.69, 9.17) is 25.8 Å². The maximum absolute atomic E-state index is 13.6. The van der Waals surface area contributed by atoms with Crippen LogP contribution in [-0.4, -0.2) is 82.2 Å². The average molecular weight is 722 g/mol. The highest BCUT2D eigenvalue weighted by Gasteiger charge is 2.46. The zero-order valence-electron chi connectivity index (χ0n) is 27.6. The van der Waals surface area contributed by atoms with Crippen LogP contribution in [0, 0.1) is 11.8 Å². The second kappa shape index (κ2) is 14.2. The Kier molecular flexibility index (Phi) is 10.3. The fourth-order valence-electron chi connectivity index (χ4n) is 6.71. The Hall–Kier alpha value is -3.26. The molecule has 3 heterocycles. The lowest BCUT2D eigenvalue weighted by atomic mass is 9.70. The number of aryl methyl sites for hydroxylation is 1. The van der Waals surface area contributed by atoms with Gasteiger partial charge in [-0.2, -0.15) is 0 Å². The quantitative estimate of drug-likeness (QED) is 0.435. The molecule has 1 saturated heterocycles. The van der Waals surface area contributed by atoms with Crippen LogP contribution in [0.3, 0.4) is 0 Å². The summed E-state index contributed by atoms with van der Waals surface area (Å²) in [4.78, 5) is 29.0. The lowest BCUT2D eigenvalue weighted by molar-refractivity contribution is -0.171. The molecule has 0 radical (unpaired) electrons. The first-order valence-electron chi connectivity index (χ1n) is 16.6. The van der Waals surface area contributed by atoms with Crippen LogP contribution in [0.25, 0.3) is 0 Å². The summed E-state index contributed by atoms with van der Waals surface area (Å²) in [6.07, 6.45) is 7.11. The van der Waals surface area contributed by atoms with Gasteiger partial charge in [-0.05, 0) is 99.2 Å². The first kappa shape index (κ1) is 35.6. The molecule has 3 aliphatic heterocycles. The SMILES string of the molecule is CC1(C)OC/C=C/[C@H](OCC(=O)N2CC(F)(F)C2)[C@@H]2CC[C@H]2CN2CCCCc3cc(Cl)ccc3COc3ccc(cc32)S(=O)(=O)NC1=O. The van der Waals surface area contributed by atoms with Gasteiger partial charge in [-0.1, -0.05) is 29.8 Å². The largest absolute Gasteiger partial charge is 0.487 e. The van der Waals surface area contributed by atoms with Gasteiger partial charge in [-0.15, -0.1) is 0 Å². The number of halogens is 3. The van der Waals surface area contributed by atoms with Gasteiger partial charge in [-0.25, -0.2) is 21.9 Å². The van der Waals surface area contributed by atoms with Gasteiger partial charge in [0, 0.05) is 18.1 Å². The first-order chi connectivity index (χ1) is 23.2. The highest BCUT2D eigenvalue weighted by Crippen LogP contribution is 2.42. The Bertz CT molecular complexity index is 1710. The Balaban J connectivity index is 1.32. The number of hydrogen-bond donors (Lipinski definition) is 1. The van der Waals surface area contributed by atoms with Crippen molar-refractivity contribution in [2.75, 3.05) is 44.3 Å². The van der Waals surface area contributed by atoms with E-state index in [9.17, 15) is 26.8 Å². The minimum Gasteiger partial charge on any atom is -0.487 e. The number of carbonyl (C=O) groups is 2. The Morgan fingerprint density at radius 1 is 1.10 bits per heavy atom. The van der Waals surface area contributed by atoms with Gasteiger partial charge < -0.3 is 24.0 Å². The van der Waals surface area contributed by atoms with Crippen LogP contribution in [-0.2, 0) is 42.1 Å². The van der Waals surface area contributed by atoms with Crippen LogP contribution in [0.1, 0.15) is 50.7 Å². The maximum atomic E-state index is 13.6. The highest BCUT2D eigenvalue weighted by atomic mass is 35.5. The van der Waals surface area contributed by atoms with E-state index >= 15 is 0 Å². The van der Waals surface area contributed by atoms with Crippen molar-refractivity contribution in [3.63, 3.8) is 0 Å². The number of amides is 2. The van der Waals surface area contributed by atoms with Gasteiger partial charge in [0.15, 0.2) is 0 Å². The topological polar surface area (TPSA) is 114 Å². The van der Waals surface area contributed by atoms with Crippen LogP contribution in [0.4, 0.5) is 14.5 Å². The van der Waals surface area contributed by atoms with Crippen LogP contribution in [0.15, 0.2) is 53.4 Å². The van der Waals surface area contributed by atoms with Crippen molar-refractivity contribution in [1.82, 2.24) is 9.62 Å². The number of rotatable bonds is 3.